The van der Waals surface area contributed by atoms with E-state index in [0.717, 1.165) is 0 Å². The van der Waals surface area contributed by atoms with Crippen LogP contribution in [0.4, 0.5) is 0 Å². The molecule has 0 saturated heterocycles. The summed E-state index contributed by atoms with van der Waals surface area (Å²) >= 11 is 0. The molecular weight excluding hydrogens is 55.4 g/mol. The van der Waals surface area contributed by atoms with Gasteiger partial charge in [0.1, 0.15) is 0 Å². The summed E-state index contributed by atoms with van der Waals surface area (Å²) in [5, 5.41) is 0. The standard InChI is InChI=1S/3B.Na/q3*-1;+1. The van der Waals surface area contributed by atoms with Crippen molar-refractivity contribution in [1.82, 2.24) is 0 Å². The van der Waals surface area contributed by atoms with Crippen molar-refractivity contribution in [3.05, 3.63) is 0 Å². The third-order valence-electron chi connectivity index (χ3n) is 0. The maximum Gasteiger partial charge on any atom is 1.00 e. The summed E-state index contributed by atoms with van der Waals surface area (Å²) in [6.07, 6.45) is 0. The van der Waals surface area contributed by atoms with Crippen LogP contribution in [0, 0.1) is 0 Å². The van der Waals surface area contributed by atoms with E-state index in [-0.39, 0.29) is 54.8 Å². The summed E-state index contributed by atoms with van der Waals surface area (Å²) < 4.78 is 0. The molecule has 0 spiro atoms. The van der Waals surface area contributed by atoms with Gasteiger partial charge in [-0.1, -0.05) is 0 Å². The fraction of sp³-hybridized carbons (Fsp3) is 0. The first-order chi connectivity index (χ1) is 0. The van der Waals surface area contributed by atoms with E-state index < -0.39 is 0 Å². The smallest absolute Gasteiger partial charge is 1.00 e. The second-order valence-electron chi connectivity index (χ2n) is 0. The zero-order valence-electron chi connectivity index (χ0n) is 2.73. The molecule has 0 nitrogen and oxygen atoms in total. The Bertz CT molecular complexity index is 3.25. The molecule has 0 heterocycles. The molecule has 12 radical (unpaired) electrons. The van der Waals surface area contributed by atoms with Crippen LogP contribution in [0.5, 0.6) is 0 Å². The zero-order chi connectivity index (χ0) is 0. The molecule has 0 N–H and O–H groups in total. The van der Waals surface area contributed by atoms with Crippen LogP contribution in [0.15, 0.2) is 0 Å². The summed E-state index contributed by atoms with van der Waals surface area (Å²) in [5.41, 5.74) is 0. The van der Waals surface area contributed by atoms with E-state index in [4.69, 9.17) is 0 Å². The van der Waals surface area contributed by atoms with E-state index >= 15 is 0 Å². The molecule has 0 aliphatic rings. The van der Waals surface area contributed by atoms with Crippen molar-refractivity contribution in [2.75, 3.05) is 0 Å². The van der Waals surface area contributed by atoms with E-state index in [1.165, 1.54) is 0 Å². The Hall–Kier alpha value is 1.19. The summed E-state index contributed by atoms with van der Waals surface area (Å²) in [7, 11) is 0. The molecule has 4 heteroatoms. The number of hydrogen-bond donors (Lipinski definition) is 0. The van der Waals surface area contributed by atoms with Crippen molar-refractivity contribution in [1.29, 1.82) is 0 Å². The van der Waals surface area contributed by atoms with Crippen LogP contribution in [0.3, 0.4) is 0 Å². The van der Waals surface area contributed by atoms with Gasteiger partial charge in [-0.2, -0.15) is 0 Å². The fourth-order valence-electron chi connectivity index (χ4n) is 0. The molecule has 4 heavy (non-hydrogen) atoms. The molecule has 0 aromatic heterocycles. The Kier molecular flexibility index (Phi) is 480. The summed E-state index contributed by atoms with van der Waals surface area (Å²) in [5.74, 6) is 0. The Labute approximate surface area is 54.7 Å². The van der Waals surface area contributed by atoms with Crippen LogP contribution in [0.25, 0.3) is 0 Å². The quantitative estimate of drug-likeness (QED) is 0.247. The molecule has 0 amide bonds. The largest absolute Gasteiger partial charge is 1.00 e. The molecular formula is B3Na-2. The molecule has 0 aliphatic carbocycles. The van der Waals surface area contributed by atoms with Gasteiger partial charge >= 0.3 is 29.6 Å². The fourth-order valence-corrected chi connectivity index (χ4v) is 0. The Morgan fingerprint density at radius 3 is 0.500 bits per heavy atom. The Morgan fingerprint density at radius 2 is 0.500 bits per heavy atom. The van der Waals surface area contributed by atoms with E-state index in [1.54, 1.807) is 0 Å². The molecule has 0 unspecified atom stereocenters. The van der Waals surface area contributed by atoms with Gasteiger partial charge in [-0.05, 0) is 0 Å². The van der Waals surface area contributed by atoms with E-state index in [1.807, 2.05) is 0 Å². The van der Waals surface area contributed by atoms with Gasteiger partial charge in [0.2, 0.25) is 0 Å². The zero-order valence-corrected chi connectivity index (χ0v) is 4.73. The van der Waals surface area contributed by atoms with Crippen molar-refractivity contribution in [2.24, 2.45) is 0 Å². The van der Waals surface area contributed by atoms with Crippen molar-refractivity contribution in [2.45, 2.75) is 0 Å². The second kappa shape index (κ2) is 30.0. The first kappa shape index (κ1) is 64.0. The summed E-state index contributed by atoms with van der Waals surface area (Å²) in [6, 6.07) is 0. The predicted molar refractivity (Wildman–Crippen MR) is 17.3 cm³/mol. The van der Waals surface area contributed by atoms with Gasteiger partial charge in [0.05, 0.1) is 0 Å². The minimum absolute atomic E-state index is 0. The van der Waals surface area contributed by atoms with Gasteiger partial charge in [-0.25, -0.2) is 0 Å². The maximum absolute atomic E-state index is 0. The van der Waals surface area contributed by atoms with Gasteiger partial charge in [0.25, 0.3) is 0 Å². The van der Waals surface area contributed by atoms with Crippen molar-refractivity contribution in [3.8, 4) is 0 Å². The minimum atomic E-state index is 0. The predicted octanol–water partition coefficient (Wildman–Crippen LogP) is -4.14. The molecule has 0 aromatic rings. The average Bonchev–Trinajstić information content (AvgIpc) is 0. The van der Waals surface area contributed by atoms with Crippen molar-refractivity contribution < 1.29 is 29.6 Å². The van der Waals surface area contributed by atoms with Gasteiger partial charge in [0, 0.05) is 0 Å². The van der Waals surface area contributed by atoms with E-state index in [9.17, 15) is 0 Å². The Balaban J connectivity index is 0. The Morgan fingerprint density at radius 1 is 0.500 bits per heavy atom. The van der Waals surface area contributed by atoms with Gasteiger partial charge in [-0.3, -0.25) is 0 Å². The van der Waals surface area contributed by atoms with E-state index in [0.29, 0.717) is 0 Å². The minimum Gasteiger partial charge on any atom is -1.00 e. The van der Waals surface area contributed by atoms with Crippen LogP contribution in [-0.4, -0.2) is 25.2 Å². The van der Waals surface area contributed by atoms with Gasteiger partial charge in [-0.15, -0.1) is 0 Å². The normalized spacial score (nSPS) is 0. The average molecular weight is 55.4 g/mol. The first-order valence-electron chi connectivity index (χ1n) is 0. The first-order valence-corrected chi connectivity index (χ1v) is 0. The second-order valence-corrected chi connectivity index (χ2v) is 0. The van der Waals surface area contributed by atoms with Crippen LogP contribution < -0.4 is 29.6 Å². The van der Waals surface area contributed by atoms with Gasteiger partial charge < -0.3 is 25.2 Å². The SMILES string of the molecule is [B-].[B-].[B-].[Na+]. The molecule has 0 saturated carbocycles. The molecule has 12 valence electrons. The number of rotatable bonds is 0. The summed E-state index contributed by atoms with van der Waals surface area (Å²) in [6.45, 7) is 0. The maximum atomic E-state index is 0. The molecule has 0 rings (SSSR count). The van der Waals surface area contributed by atoms with Gasteiger partial charge in [0.15, 0.2) is 0 Å². The topological polar surface area (TPSA) is 0 Å². The van der Waals surface area contributed by atoms with Crippen LogP contribution >= 0.6 is 0 Å². The van der Waals surface area contributed by atoms with Crippen molar-refractivity contribution >= 4 is 25.2 Å². The van der Waals surface area contributed by atoms with Crippen LogP contribution in [0.1, 0.15) is 0 Å². The van der Waals surface area contributed by atoms with Crippen molar-refractivity contribution in [3.63, 3.8) is 0 Å². The van der Waals surface area contributed by atoms with E-state index in [2.05, 4.69) is 0 Å². The summed E-state index contributed by atoms with van der Waals surface area (Å²) in [4.78, 5) is 0. The third-order valence-corrected chi connectivity index (χ3v) is 0. The molecule has 0 bridgehead atoms. The molecule has 0 fully saturated rings. The number of hydrogen-bond acceptors (Lipinski definition) is 0. The van der Waals surface area contributed by atoms with Crippen LogP contribution in [0.2, 0.25) is 0 Å². The molecule has 0 aliphatic heterocycles. The monoisotopic (exact) mass is 56.0 g/mol. The van der Waals surface area contributed by atoms with Crippen LogP contribution in [-0.2, 0) is 0 Å². The molecule has 0 aromatic carbocycles. The third kappa shape index (κ3) is 10.8. The molecule has 0 atom stereocenters.